The van der Waals surface area contributed by atoms with E-state index in [1.165, 1.54) is 19.3 Å². The van der Waals surface area contributed by atoms with Crippen molar-refractivity contribution in [3.05, 3.63) is 60.3 Å². The number of fused-ring (bicyclic) bond motifs is 1. The number of rotatable bonds is 6. The highest BCUT2D eigenvalue weighted by Crippen LogP contribution is 2.35. The van der Waals surface area contributed by atoms with E-state index in [4.69, 9.17) is 9.84 Å². The Hall–Kier alpha value is -2.88. The zero-order valence-electron chi connectivity index (χ0n) is 15.9. The van der Waals surface area contributed by atoms with E-state index in [-0.39, 0.29) is 12.5 Å². The second-order valence-electron chi connectivity index (χ2n) is 7.51. The summed E-state index contributed by atoms with van der Waals surface area (Å²) in [6, 6.07) is 16.3. The van der Waals surface area contributed by atoms with Gasteiger partial charge in [0.25, 0.3) is 0 Å². The van der Waals surface area contributed by atoms with Crippen LogP contribution in [-0.4, -0.2) is 22.2 Å². The molecule has 1 aromatic heterocycles. The number of pyridine rings is 1. The minimum Gasteiger partial charge on any atom is -0.490 e. The monoisotopic (exact) mass is 375 g/mol. The first-order chi connectivity index (χ1) is 13.7. The third-order valence-corrected chi connectivity index (χ3v) is 5.43. The molecule has 0 saturated heterocycles. The van der Waals surface area contributed by atoms with Gasteiger partial charge in [-0.2, -0.15) is 0 Å². The van der Waals surface area contributed by atoms with Crippen molar-refractivity contribution in [2.24, 2.45) is 0 Å². The largest absolute Gasteiger partial charge is 0.490 e. The molecular weight excluding hydrogens is 350 g/mol. The van der Waals surface area contributed by atoms with Crippen LogP contribution in [0.25, 0.3) is 22.0 Å². The summed E-state index contributed by atoms with van der Waals surface area (Å²) in [6.45, 7) is 0. The summed E-state index contributed by atoms with van der Waals surface area (Å²) in [6.07, 6.45) is 8.63. The molecule has 0 unspecified atom stereocenters. The van der Waals surface area contributed by atoms with Crippen LogP contribution in [0.4, 0.5) is 0 Å². The third kappa shape index (κ3) is 4.33. The van der Waals surface area contributed by atoms with Crippen molar-refractivity contribution in [3.63, 3.8) is 0 Å². The lowest BCUT2D eigenvalue weighted by molar-refractivity contribution is -0.136. The van der Waals surface area contributed by atoms with Crippen molar-refractivity contribution in [2.45, 2.75) is 51.0 Å². The summed E-state index contributed by atoms with van der Waals surface area (Å²) in [5.41, 5.74) is 4.07. The number of carboxylic acid groups (broad SMARTS) is 1. The lowest BCUT2D eigenvalue weighted by atomic mass is 9.96. The maximum absolute atomic E-state index is 11.0. The predicted molar refractivity (Wildman–Crippen MR) is 111 cm³/mol. The first-order valence-corrected chi connectivity index (χ1v) is 10.1. The molecule has 4 heteroatoms. The molecule has 1 aliphatic rings. The number of benzene rings is 2. The molecule has 3 aromatic rings. The SMILES string of the molecule is O=C(O)CCc1ccc(OC2CCCCC2)c(-c2ccc3ncccc3c2)c1. The van der Waals surface area contributed by atoms with Gasteiger partial charge in [-0.05, 0) is 73.6 Å². The van der Waals surface area contributed by atoms with Gasteiger partial charge in [0.1, 0.15) is 5.75 Å². The Kier molecular flexibility index (Phi) is 5.56. The topological polar surface area (TPSA) is 59.4 Å². The first kappa shape index (κ1) is 18.5. The Balaban J connectivity index is 1.70. The van der Waals surface area contributed by atoms with Crippen molar-refractivity contribution in [2.75, 3.05) is 0 Å². The van der Waals surface area contributed by atoms with Gasteiger partial charge in [-0.25, -0.2) is 0 Å². The molecule has 0 bridgehead atoms. The van der Waals surface area contributed by atoms with E-state index < -0.39 is 5.97 Å². The van der Waals surface area contributed by atoms with Crippen LogP contribution in [0.5, 0.6) is 5.75 Å². The van der Waals surface area contributed by atoms with Crippen LogP contribution in [-0.2, 0) is 11.2 Å². The van der Waals surface area contributed by atoms with E-state index in [1.807, 2.05) is 24.3 Å². The van der Waals surface area contributed by atoms with Gasteiger partial charge in [0, 0.05) is 23.6 Å². The van der Waals surface area contributed by atoms with Gasteiger partial charge in [-0.3, -0.25) is 9.78 Å². The van der Waals surface area contributed by atoms with Gasteiger partial charge >= 0.3 is 5.97 Å². The lowest BCUT2D eigenvalue weighted by Gasteiger charge is -2.25. The summed E-state index contributed by atoms with van der Waals surface area (Å²) in [4.78, 5) is 15.4. The minimum atomic E-state index is -0.777. The molecule has 4 rings (SSSR count). The molecule has 4 nitrogen and oxygen atoms in total. The van der Waals surface area contributed by atoms with E-state index in [0.717, 1.165) is 46.2 Å². The van der Waals surface area contributed by atoms with Gasteiger partial charge in [-0.15, -0.1) is 0 Å². The average Bonchev–Trinajstić information content (AvgIpc) is 2.73. The summed E-state index contributed by atoms with van der Waals surface area (Å²) in [5.74, 6) is 0.107. The number of carboxylic acids is 1. The fourth-order valence-corrected chi connectivity index (χ4v) is 3.92. The smallest absolute Gasteiger partial charge is 0.303 e. The van der Waals surface area contributed by atoms with Gasteiger partial charge in [0.15, 0.2) is 0 Å². The van der Waals surface area contributed by atoms with Crippen LogP contribution in [0.3, 0.4) is 0 Å². The number of nitrogens with zero attached hydrogens (tertiary/aromatic N) is 1. The van der Waals surface area contributed by atoms with E-state index in [2.05, 4.69) is 29.2 Å². The molecule has 0 amide bonds. The first-order valence-electron chi connectivity index (χ1n) is 10.1. The normalized spacial score (nSPS) is 14.9. The number of aromatic nitrogens is 1. The second kappa shape index (κ2) is 8.42. The fraction of sp³-hybridized carbons (Fsp3) is 0.333. The van der Waals surface area contributed by atoms with Gasteiger partial charge in [0.05, 0.1) is 11.6 Å². The van der Waals surface area contributed by atoms with Gasteiger partial charge in [-0.1, -0.05) is 24.6 Å². The number of carbonyl (C=O) groups is 1. The molecule has 144 valence electrons. The molecular formula is C24H25NO3. The summed E-state index contributed by atoms with van der Waals surface area (Å²) < 4.78 is 6.40. The Morgan fingerprint density at radius 2 is 1.93 bits per heavy atom. The summed E-state index contributed by atoms with van der Waals surface area (Å²) in [5, 5.41) is 10.1. The van der Waals surface area contributed by atoms with Crippen LogP contribution >= 0.6 is 0 Å². The number of ether oxygens (including phenoxy) is 1. The molecule has 1 saturated carbocycles. The van der Waals surface area contributed by atoms with Crippen molar-refractivity contribution in [1.29, 1.82) is 0 Å². The average molecular weight is 375 g/mol. The minimum absolute atomic E-state index is 0.129. The molecule has 0 atom stereocenters. The molecule has 1 heterocycles. The van der Waals surface area contributed by atoms with Gasteiger partial charge in [0.2, 0.25) is 0 Å². The predicted octanol–water partition coefficient (Wildman–Crippen LogP) is 5.63. The fourth-order valence-electron chi connectivity index (χ4n) is 3.92. The molecule has 0 spiro atoms. The molecule has 0 aliphatic heterocycles. The Labute approximate surface area is 165 Å². The lowest BCUT2D eigenvalue weighted by Crippen LogP contribution is -2.20. The Morgan fingerprint density at radius 3 is 2.75 bits per heavy atom. The Bertz CT molecular complexity index is 977. The third-order valence-electron chi connectivity index (χ3n) is 5.43. The van der Waals surface area contributed by atoms with E-state index in [0.29, 0.717) is 6.42 Å². The number of aryl methyl sites for hydroxylation is 1. The van der Waals surface area contributed by atoms with Crippen LogP contribution in [0.1, 0.15) is 44.1 Å². The second-order valence-corrected chi connectivity index (χ2v) is 7.51. The highest BCUT2D eigenvalue weighted by Gasteiger charge is 2.18. The van der Waals surface area contributed by atoms with Crippen molar-refractivity contribution < 1.29 is 14.6 Å². The Morgan fingerprint density at radius 1 is 1.07 bits per heavy atom. The molecule has 2 aromatic carbocycles. The van der Waals surface area contributed by atoms with E-state index in [9.17, 15) is 4.79 Å². The van der Waals surface area contributed by atoms with Crippen molar-refractivity contribution in [3.8, 4) is 16.9 Å². The highest BCUT2D eigenvalue weighted by molar-refractivity contribution is 5.85. The molecule has 0 radical (unpaired) electrons. The van der Waals surface area contributed by atoms with Crippen LogP contribution in [0, 0.1) is 0 Å². The molecule has 1 aliphatic carbocycles. The zero-order chi connectivity index (χ0) is 19.3. The summed E-state index contributed by atoms with van der Waals surface area (Å²) >= 11 is 0. The number of hydrogen-bond acceptors (Lipinski definition) is 3. The quantitative estimate of drug-likeness (QED) is 0.606. The van der Waals surface area contributed by atoms with Crippen LogP contribution in [0.15, 0.2) is 54.7 Å². The molecule has 1 N–H and O–H groups in total. The zero-order valence-corrected chi connectivity index (χ0v) is 15.9. The van der Waals surface area contributed by atoms with E-state index >= 15 is 0 Å². The maximum Gasteiger partial charge on any atom is 0.303 e. The van der Waals surface area contributed by atoms with Gasteiger partial charge < -0.3 is 9.84 Å². The number of hydrogen-bond donors (Lipinski definition) is 1. The van der Waals surface area contributed by atoms with Crippen molar-refractivity contribution >= 4 is 16.9 Å². The maximum atomic E-state index is 11.0. The number of aliphatic carboxylic acids is 1. The molecule has 1 fully saturated rings. The summed E-state index contributed by atoms with van der Waals surface area (Å²) in [7, 11) is 0. The standard InChI is InChI=1S/C24H25NO3/c26-24(27)13-9-17-8-12-23(28-20-6-2-1-3-7-20)21(15-17)18-10-11-22-19(16-18)5-4-14-25-22/h4-5,8,10-12,14-16,20H,1-3,6-7,9,13H2,(H,26,27). The molecule has 28 heavy (non-hydrogen) atoms. The van der Waals surface area contributed by atoms with Crippen molar-refractivity contribution in [1.82, 2.24) is 4.98 Å². The van der Waals surface area contributed by atoms with Crippen LogP contribution < -0.4 is 4.74 Å². The van der Waals surface area contributed by atoms with E-state index in [1.54, 1.807) is 6.20 Å². The van der Waals surface area contributed by atoms with Crippen LogP contribution in [0.2, 0.25) is 0 Å². The highest BCUT2D eigenvalue weighted by atomic mass is 16.5.